The molecule has 0 aromatic carbocycles. The zero-order valence-electron chi connectivity index (χ0n) is 9.56. The van der Waals surface area contributed by atoms with Crippen molar-refractivity contribution in [2.75, 3.05) is 0 Å². The molecule has 7 heteroatoms. The van der Waals surface area contributed by atoms with Crippen LogP contribution in [0.5, 0.6) is 0 Å². The first-order valence-electron chi connectivity index (χ1n) is 5.63. The maximum atomic E-state index is 13.2. The Morgan fingerprint density at radius 3 is 2.68 bits per heavy atom. The van der Waals surface area contributed by atoms with Gasteiger partial charge in [-0.3, -0.25) is 4.79 Å². The molecule has 2 aromatic rings. The summed E-state index contributed by atoms with van der Waals surface area (Å²) < 4.78 is 27.8. The molecule has 0 aliphatic heterocycles. The van der Waals surface area contributed by atoms with Gasteiger partial charge in [0.05, 0.1) is 5.39 Å². The molecule has 0 radical (unpaired) electrons. The van der Waals surface area contributed by atoms with E-state index in [1.54, 1.807) is 0 Å². The van der Waals surface area contributed by atoms with Crippen molar-refractivity contribution in [2.45, 2.75) is 18.9 Å². The van der Waals surface area contributed by atoms with E-state index in [0.717, 1.165) is 19.0 Å². The molecule has 2 heterocycles. The quantitative estimate of drug-likeness (QED) is 0.840. The van der Waals surface area contributed by atoms with Crippen LogP contribution in [-0.2, 0) is 0 Å². The van der Waals surface area contributed by atoms with Crippen molar-refractivity contribution in [2.24, 2.45) is 0 Å². The van der Waals surface area contributed by atoms with Crippen LogP contribution in [0.3, 0.4) is 0 Å². The van der Waals surface area contributed by atoms with Crippen LogP contribution in [0.25, 0.3) is 11.0 Å². The van der Waals surface area contributed by atoms with Crippen molar-refractivity contribution < 1.29 is 18.7 Å². The first kappa shape index (κ1) is 11.8. The molecule has 0 atom stereocenters. The Labute approximate surface area is 105 Å². The second-order valence-corrected chi connectivity index (χ2v) is 4.45. The Bertz CT molecular complexity index is 766. The number of halogens is 2. The number of carbonyl (C=O) groups is 1. The standard InChI is InChI=1S/C12H8F2N2O3/c13-8-3-6-9(17)7(12(18)19)4-16(5-1-2-5)11(6)15-10(8)14/h3-5H,1-2H2,(H,18,19). The molecule has 1 N–H and O–H groups in total. The highest BCUT2D eigenvalue weighted by atomic mass is 19.2. The average Bonchev–Trinajstić information content (AvgIpc) is 3.16. The highest BCUT2D eigenvalue weighted by molar-refractivity contribution is 5.91. The zero-order valence-corrected chi connectivity index (χ0v) is 9.56. The monoisotopic (exact) mass is 266 g/mol. The molecular weight excluding hydrogens is 258 g/mol. The summed E-state index contributed by atoms with van der Waals surface area (Å²) in [7, 11) is 0. The van der Waals surface area contributed by atoms with Crippen molar-refractivity contribution >= 4 is 17.0 Å². The van der Waals surface area contributed by atoms with Gasteiger partial charge in [-0.15, -0.1) is 0 Å². The van der Waals surface area contributed by atoms with E-state index in [2.05, 4.69) is 4.98 Å². The molecule has 0 bridgehead atoms. The fraction of sp³-hybridized carbons (Fsp3) is 0.250. The van der Waals surface area contributed by atoms with Crippen molar-refractivity contribution in [3.05, 3.63) is 39.8 Å². The zero-order chi connectivity index (χ0) is 13.7. The van der Waals surface area contributed by atoms with E-state index in [4.69, 9.17) is 5.11 Å². The molecule has 98 valence electrons. The number of carboxylic acid groups (broad SMARTS) is 1. The van der Waals surface area contributed by atoms with Crippen molar-refractivity contribution in [1.29, 1.82) is 0 Å². The second-order valence-electron chi connectivity index (χ2n) is 4.45. The van der Waals surface area contributed by atoms with E-state index in [9.17, 15) is 18.4 Å². The predicted molar refractivity (Wildman–Crippen MR) is 61.1 cm³/mol. The number of rotatable bonds is 2. The third kappa shape index (κ3) is 1.78. The van der Waals surface area contributed by atoms with E-state index >= 15 is 0 Å². The van der Waals surface area contributed by atoms with E-state index in [0.29, 0.717) is 6.07 Å². The lowest BCUT2D eigenvalue weighted by Gasteiger charge is -2.10. The molecule has 0 spiro atoms. The molecular formula is C12H8F2N2O3. The van der Waals surface area contributed by atoms with Crippen LogP contribution in [0.2, 0.25) is 0 Å². The SMILES string of the molecule is O=C(O)c1cn(C2CC2)c2nc(F)c(F)cc2c1=O. The molecule has 0 saturated heterocycles. The Balaban J connectivity index is 2.45. The number of aromatic carboxylic acids is 1. The molecule has 2 aromatic heterocycles. The first-order chi connectivity index (χ1) is 8.99. The van der Waals surface area contributed by atoms with Crippen LogP contribution in [0, 0.1) is 11.8 Å². The lowest BCUT2D eigenvalue weighted by molar-refractivity contribution is 0.0695. The van der Waals surface area contributed by atoms with Crippen LogP contribution in [0.4, 0.5) is 8.78 Å². The number of aromatic nitrogens is 2. The van der Waals surface area contributed by atoms with Crippen LogP contribution >= 0.6 is 0 Å². The number of fused-ring (bicyclic) bond motifs is 1. The second kappa shape index (κ2) is 3.84. The largest absolute Gasteiger partial charge is 0.477 e. The van der Waals surface area contributed by atoms with Crippen molar-refractivity contribution in [3.63, 3.8) is 0 Å². The molecule has 1 saturated carbocycles. The summed E-state index contributed by atoms with van der Waals surface area (Å²) in [6.45, 7) is 0. The first-order valence-corrected chi connectivity index (χ1v) is 5.63. The van der Waals surface area contributed by atoms with E-state index in [-0.39, 0.29) is 17.1 Å². The van der Waals surface area contributed by atoms with Gasteiger partial charge >= 0.3 is 5.97 Å². The van der Waals surface area contributed by atoms with E-state index < -0.39 is 28.7 Å². The molecule has 1 fully saturated rings. The number of hydrogen-bond acceptors (Lipinski definition) is 3. The third-order valence-electron chi connectivity index (χ3n) is 3.09. The van der Waals surface area contributed by atoms with Gasteiger partial charge in [-0.25, -0.2) is 9.18 Å². The summed E-state index contributed by atoms with van der Waals surface area (Å²) in [4.78, 5) is 26.3. The fourth-order valence-electron chi connectivity index (χ4n) is 2.01. The van der Waals surface area contributed by atoms with E-state index in [1.165, 1.54) is 4.57 Å². The molecule has 3 rings (SSSR count). The summed E-state index contributed by atoms with van der Waals surface area (Å²) in [5, 5.41) is 8.76. The van der Waals surface area contributed by atoms with Gasteiger partial charge in [0.1, 0.15) is 11.2 Å². The van der Waals surface area contributed by atoms with Gasteiger partial charge in [-0.1, -0.05) is 0 Å². The topological polar surface area (TPSA) is 72.2 Å². The Morgan fingerprint density at radius 2 is 2.11 bits per heavy atom. The highest BCUT2D eigenvalue weighted by Gasteiger charge is 2.28. The van der Waals surface area contributed by atoms with Crippen LogP contribution in [-0.4, -0.2) is 20.6 Å². The van der Waals surface area contributed by atoms with Crippen molar-refractivity contribution in [1.82, 2.24) is 9.55 Å². The minimum Gasteiger partial charge on any atom is -0.477 e. The maximum absolute atomic E-state index is 13.2. The maximum Gasteiger partial charge on any atom is 0.341 e. The van der Waals surface area contributed by atoms with Crippen LogP contribution < -0.4 is 5.43 Å². The molecule has 19 heavy (non-hydrogen) atoms. The van der Waals surface area contributed by atoms with Gasteiger partial charge < -0.3 is 9.67 Å². The average molecular weight is 266 g/mol. The molecule has 5 nitrogen and oxygen atoms in total. The van der Waals surface area contributed by atoms with Crippen LogP contribution in [0.1, 0.15) is 29.2 Å². The van der Waals surface area contributed by atoms with Gasteiger partial charge in [0.2, 0.25) is 5.43 Å². The lowest BCUT2D eigenvalue weighted by Crippen LogP contribution is -2.20. The summed E-state index contributed by atoms with van der Waals surface area (Å²) in [6.07, 6.45) is 2.73. The Kier molecular flexibility index (Phi) is 2.38. The molecule has 0 amide bonds. The summed E-state index contributed by atoms with van der Waals surface area (Å²) in [6, 6.07) is 0.685. The summed E-state index contributed by atoms with van der Waals surface area (Å²) in [5.74, 6) is -3.97. The Hall–Kier alpha value is -2.31. The third-order valence-corrected chi connectivity index (χ3v) is 3.09. The molecule has 0 unspecified atom stereocenters. The Morgan fingerprint density at radius 1 is 1.42 bits per heavy atom. The highest BCUT2D eigenvalue weighted by Crippen LogP contribution is 2.36. The molecule has 1 aliphatic rings. The van der Waals surface area contributed by atoms with Gasteiger partial charge in [-0.2, -0.15) is 9.37 Å². The van der Waals surface area contributed by atoms with Crippen molar-refractivity contribution in [3.8, 4) is 0 Å². The van der Waals surface area contributed by atoms with Gasteiger partial charge in [-0.05, 0) is 18.9 Å². The predicted octanol–water partition coefficient (Wildman–Crippen LogP) is 1.71. The number of hydrogen-bond donors (Lipinski definition) is 1. The lowest BCUT2D eigenvalue weighted by atomic mass is 10.2. The van der Waals surface area contributed by atoms with Gasteiger partial charge in [0.15, 0.2) is 5.82 Å². The number of nitrogens with zero attached hydrogens (tertiary/aromatic N) is 2. The number of pyridine rings is 2. The fourth-order valence-corrected chi connectivity index (χ4v) is 2.01. The summed E-state index contributed by atoms with van der Waals surface area (Å²) >= 11 is 0. The van der Waals surface area contributed by atoms with E-state index in [1.807, 2.05) is 0 Å². The minimum atomic E-state index is -1.40. The van der Waals surface area contributed by atoms with Gasteiger partial charge in [0.25, 0.3) is 5.95 Å². The smallest absolute Gasteiger partial charge is 0.341 e. The summed E-state index contributed by atoms with van der Waals surface area (Å²) in [5.41, 5.74) is -1.34. The molecule has 1 aliphatic carbocycles. The normalized spacial score (nSPS) is 14.8. The van der Waals surface area contributed by atoms with Crippen LogP contribution in [0.15, 0.2) is 17.1 Å². The minimum absolute atomic E-state index is 0.0152. The van der Waals surface area contributed by atoms with Gasteiger partial charge in [0, 0.05) is 12.2 Å². The number of carboxylic acids is 1.